The number of likely N-dealkylation sites (tertiary alicyclic amines) is 1. The highest BCUT2D eigenvalue weighted by atomic mass is 32.1. The number of hydrogen-bond donors (Lipinski definition) is 1. The molecule has 2 fully saturated rings. The van der Waals surface area contributed by atoms with Gasteiger partial charge in [0.1, 0.15) is 12.6 Å². The molecular formula is C18H25N3O5S. The summed E-state index contributed by atoms with van der Waals surface area (Å²) in [4.78, 5) is 41.1. The van der Waals surface area contributed by atoms with Crippen molar-refractivity contribution in [2.75, 3.05) is 32.9 Å². The fraction of sp³-hybridized carbons (Fsp3) is 0.611. The molecule has 2 aliphatic rings. The molecular weight excluding hydrogens is 370 g/mol. The molecule has 3 amide bonds. The number of carbonyl (C=O) groups excluding carboxylic acids is 3. The van der Waals surface area contributed by atoms with E-state index in [0.29, 0.717) is 39.1 Å². The van der Waals surface area contributed by atoms with Crippen LogP contribution in [0.5, 0.6) is 0 Å². The van der Waals surface area contributed by atoms with Crippen molar-refractivity contribution in [2.24, 2.45) is 0 Å². The summed E-state index contributed by atoms with van der Waals surface area (Å²) in [6.45, 7) is 3.84. The van der Waals surface area contributed by atoms with Crippen LogP contribution in [-0.2, 0) is 25.6 Å². The standard InChI is InChI=1S/C18H25N3O5S/c1-2-26-18(24)20-7-5-13(6-8-20)19-17(23)15-11-25-12-16(22)21(15)10-14-4-3-9-27-14/h3-4,9,13,15H,2,5-8,10-12H2,1H3,(H,19,23)/t15-/m1/s1. The molecule has 0 radical (unpaired) electrons. The molecule has 0 saturated carbocycles. The third-order valence-corrected chi connectivity index (χ3v) is 5.64. The lowest BCUT2D eigenvalue weighted by Crippen LogP contribution is -2.58. The zero-order valence-electron chi connectivity index (χ0n) is 15.4. The Morgan fingerprint density at radius 1 is 1.37 bits per heavy atom. The minimum Gasteiger partial charge on any atom is -0.450 e. The predicted molar refractivity (Wildman–Crippen MR) is 99.2 cm³/mol. The Hall–Kier alpha value is -2.13. The molecule has 9 heteroatoms. The summed E-state index contributed by atoms with van der Waals surface area (Å²) in [6, 6.07) is 3.23. The van der Waals surface area contributed by atoms with E-state index in [1.165, 1.54) is 0 Å². The average Bonchev–Trinajstić information content (AvgIpc) is 3.17. The number of amides is 3. The summed E-state index contributed by atoms with van der Waals surface area (Å²) in [5.41, 5.74) is 0. The summed E-state index contributed by atoms with van der Waals surface area (Å²) in [7, 11) is 0. The molecule has 0 spiro atoms. The van der Waals surface area contributed by atoms with E-state index in [4.69, 9.17) is 9.47 Å². The van der Waals surface area contributed by atoms with Gasteiger partial charge in [0.25, 0.3) is 0 Å². The van der Waals surface area contributed by atoms with Gasteiger partial charge < -0.3 is 24.6 Å². The van der Waals surface area contributed by atoms with Crippen LogP contribution in [0.1, 0.15) is 24.6 Å². The average molecular weight is 395 g/mol. The maximum absolute atomic E-state index is 12.8. The van der Waals surface area contributed by atoms with Gasteiger partial charge in [-0.05, 0) is 31.2 Å². The summed E-state index contributed by atoms with van der Waals surface area (Å²) in [5.74, 6) is -0.374. The first-order valence-electron chi connectivity index (χ1n) is 9.20. The minimum absolute atomic E-state index is 0.00703. The third-order valence-electron chi connectivity index (χ3n) is 4.77. The molecule has 1 atom stereocenters. The van der Waals surface area contributed by atoms with Gasteiger partial charge in [-0.15, -0.1) is 11.3 Å². The highest BCUT2D eigenvalue weighted by Crippen LogP contribution is 2.18. The zero-order chi connectivity index (χ0) is 19.2. The topological polar surface area (TPSA) is 88.2 Å². The normalized spacial score (nSPS) is 21.2. The van der Waals surface area contributed by atoms with Crippen LogP contribution < -0.4 is 5.32 Å². The van der Waals surface area contributed by atoms with Crippen molar-refractivity contribution in [1.29, 1.82) is 0 Å². The van der Waals surface area contributed by atoms with Crippen LogP contribution in [0, 0.1) is 0 Å². The van der Waals surface area contributed by atoms with Gasteiger partial charge in [0.05, 0.1) is 19.8 Å². The maximum atomic E-state index is 12.8. The molecule has 0 aliphatic carbocycles. The molecule has 0 bridgehead atoms. The lowest BCUT2D eigenvalue weighted by molar-refractivity contribution is -0.156. The van der Waals surface area contributed by atoms with E-state index in [9.17, 15) is 14.4 Å². The number of morpholine rings is 1. The van der Waals surface area contributed by atoms with Gasteiger partial charge in [0.2, 0.25) is 11.8 Å². The second-order valence-corrected chi connectivity index (χ2v) is 7.63. The second kappa shape index (κ2) is 9.18. The van der Waals surface area contributed by atoms with Gasteiger partial charge in [-0.25, -0.2) is 4.79 Å². The Balaban J connectivity index is 1.54. The number of nitrogens with one attached hydrogen (secondary N) is 1. The Kier molecular flexibility index (Phi) is 6.68. The summed E-state index contributed by atoms with van der Waals surface area (Å²) >= 11 is 1.56. The number of ether oxygens (including phenoxy) is 2. The maximum Gasteiger partial charge on any atom is 0.409 e. The molecule has 0 unspecified atom stereocenters. The SMILES string of the molecule is CCOC(=O)N1CCC(NC(=O)[C@H]2COCC(=O)N2Cc2cccs2)CC1. The molecule has 1 N–H and O–H groups in total. The van der Waals surface area contributed by atoms with Crippen molar-refractivity contribution < 1.29 is 23.9 Å². The van der Waals surface area contributed by atoms with Crippen molar-refractivity contribution >= 4 is 29.2 Å². The van der Waals surface area contributed by atoms with E-state index in [1.54, 1.807) is 28.1 Å². The highest BCUT2D eigenvalue weighted by Gasteiger charge is 2.35. The van der Waals surface area contributed by atoms with Crippen LogP contribution in [0.4, 0.5) is 4.79 Å². The Morgan fingerprint density at radius 2 is 2.15 bits per heavy atom. The van der Waals surface area contributed by atoms with Gasteiger partial charge in [-0.3, -0.25) is 9.59 Å². The fourth-order valence-electron chi connectivity index (χ4n) is 3.31. The quantitative estimate of drug-likeness (QED) is 0.810. The van der Waals surface area contributed by atoms with Crippen LogP contribution in [0.3, 0.4) is 0 Å². The predicted octanol–water partition coefficient (Wildman–Crippen LogP) is 1.21. The monoisotopic (exact) mass is 395 g/mol. The van der Waals surface area contributed by atoms with Gasteiger partial charge >= 0.3 is 6.09 Å². The molecule has 2 aliphatic heterocycles. The third kappa shape index (κ3) is 4.98. The van der Waals surface area contributed by atoms with E-state index in [2.05, 4.69) is 5.32 Å². The lowest BCUT2D eigenvalue weighted by atomic mass is 10.0. The van der Waals surface area contributed by atoms with Crippen LogP contribution >= 0.6 is 11.3 Å². The molecule has 2 saturated heterocycles. The van der Waals surface area contributed by atoms with Gasteiger partial charge in [-0.2, -0.15) is 0 Å². The van der Waals surface area contributed by atoms with E-state index in [1.807, 2.05) is 17.5 Å². The Bertz CT molecular complexity index is 658. The van der Waals surface area contributed by atoms with E-state index in [0.717, 1.165) is 4.88 Å². The number of carbonyl (C=O) groups is 3. The number of rotatable bonds is 5. The molecule has 0 aromatic carbocycles. The highest BCUT2D eigenvalue weighted by molar-refractivity contribution is 7.09. The number of thiophene rings is 1. The van der Waals surface area contributed by atoms with Crippen molar-refractivity contribution in [3.8, 4) is 0 Å². The van der Waals surface area contributed by atoms with Crippen LogP contribution in [-0.4, -0.2) is 72.7 Å². The van der Waals surface area contributed by atoms with Gasteiger partial charge in [-0.1, -0.05) is 6.07 Å². The molecule has 8 nitrogen and oxygen atoms in total. The first-order chi connectivity index (χ1) is 13.1. The minimum atomic E-state index is -0.628. The Morgan fingerprint density at radius 3 is 2.81 bits per heavy atom. The first-order valence-corrected chi connectivity index (χ1v) is 10.1. The van der Waals surface area contributed by atoms with E-state index < -0.39 is 6.04 Å². The van der Waals surface area contributed by atoms with E-state index >= 15 is 0 Å². The molecule has 1 aromatic heterocycles. The smallest absolute Gasteiger partial charge is 0.409 e. The van der Waals surface area contributed by atoms with Gasteiger partial charge in [0.15, 0.2) is 0 Å². The molecule has 3 rings (SSSR count). The van der Waals surface area contributed by atoms with Crippen molar-refractivity contribution in [2.45, 2.75) is 38.4 Å². The van der Waals surface area contributed by atoms with Crippen molar-refractivity contribution in [1.82, 2.24) is 15.1 Å². The van der Waals surface area contributed by atoms with E-state index in [-0.39, 0.29) is 37.2 Å². The zero-order valence-corrected chi connectivity index (χ0v) is 16.2. The lowest BCUT2D eigenvalue weighted by Gasteiger charge is -2.36. The number of piperidine rings is 1. The Labute approximate surface area is 162 Å². The summed E-state index contributed by atoms with van der Waals surface area (Å²) in [5, 5.41) is 4.97. The summed E-state index contributed by atoms with van der Waals surface area (Å²) in [6.07, 6.45) is 1.02. The molecule has 148 valence electrons. The van der Waals surface area contributed by atoms with Crippen molar-refractivity contribution in [3.63, 3.8) is 0 Å². The molecule has 3 heterocycles. The largest absolute Gasteiger partial charge is 0.450 e. The van der Waals surface area contributed by atoms with Crippen molar-refractivity contribution in [3.05, 3.63) is 22.4 Å². The van der Waals surface area contributed by atoms with Crippen LogP contribution in [0.2, 0.25) is 0 Å². The second-order valence-electron chi connectivity index (χ2n) is 6.60. The van der Waals surface area contributed by atoms with Crippen LogP contribution in [0.25, 0.3) is 0 Å². The van der Waals surface area contributed by atoms with Gasteiger partial charge in [0, 0.05) is 24.0 Å². The molecule has 1 aromatic rings. The summed E-state index contributed by atoms with van der Waals surface area (Å²) < 4.78 is 10.3. The number of hydrogen-bond acceptors (Lipinski definition) is 6. The van der Waals surface area contributed by atoms with Crippen LogP contribution in [0.15, 0.2) is 17.5 Å². The fourth-order valence-corrected chi connectivity index (χ4v) is 4.01. The molecule has 27 heavy (non-hydrogen) atoms. The first kappa shape index (κ1) is 19.6. The number of nitrogens with zero attached hydrogens (tertiary/aromatic N) is 2.